The largest absolute Gasteiger partial charge is 0.364 e. The Labute approximate surface area is 124 Å². The molecule has 1 aliphatic rings. The maximum atomic E-state index is 10.9. The van der Waals surface area contributed by atoms with Gasteiger partial charge in [-0.1, -0.05) is 30.3 Å². The van der Waals surface area contributed by atoms with E-state index in [1.165, 1.54) is 5.56 Å². The Hall–Kier alpha value is -2.36. The Morgan fingerprint density at radius 3 is 2.71 bits per heavy atom. The Kier molecular flexibility index (Phi) is 3.60. The lowest BCUT2D eigenvalue weighted by molar-refractivity contribution is -0.384. The predicted molar refractivity (Wildman–Crippen MR) is 83.5 cm³/mol. The van der Waals surface area contributed by atoms with Crippen molar-refractivity contribution in [1.82, 2.24) is 0 Å². The molecule has 0 aromatic heterocycles. The molecule has 0 unspecified atom stereocenters. The summed E-state index contributed by atoms with van der Waals surface area (Å²) in [7, 11) is 0. The Bertz CT molecular complexity index is 655. The molecule has 0 saturated heterocycles. The Balaban J connectivity index is 1.93. The van der Waals surface area contributed by atoms with Gasteiger partial charge in [0.05, 0.1) is 4.92 Å². The fourth-order valence-electron chi connectivity index (χ4n) is 2.94. The third kappa shape index (κ3) is 2.75. The Morgan fingerprint density at radius 1 is 1.24 bits per heavy atom. The van der Waals surface area contributed by atoms with Crippen LogP contribution < -0.4 is 4.90 Å². The number of hydrogen-bond acceptors (Lipinski definition) is 3. The number of anilines is 1. The SMILES string of the molecule is C[C@@H]1CCc2cc([N+](=O)[O-])ccc2N1Cc1ccccc1. The van der Waals surface area contributed by atoms with Crippen LogP contribution in [0.4, 0.5) is 11.4 Å². The first-order chi connectivity index (χ1) is 10.1. The molecule has 1 aliphatic heterocycles. The molecule has 108 valence electrons. The molecule has 3 rings (SSSR count). The van der Waals surface area contributed by atoms with Crippen molar-refractivity contribution in [2.45, 2.75) is 32.4 Å². The van der Waals surface area contributed by atoms with Gasteiger partial charge in [0.25, 0.3) is 5.69 Å². The summed E-state index contributed by atoms with van der Waals surface area (Å²) in [5.41, 5.74) is 3.65. The minimum Gasteiger partial charge on any atom is -0.364 e. The summed E-state index contributed by atoms with van der Waals surface area (Å²) in [6.45, 7) is 3.06. The molecule has 0 amide bonds. The highest BCUT2D eigenvalue weighted by molar-refractivity contribution is 5.60. The predicted octanol–water partition coefficient (Wildman–Crippen LogP) is 3.94. The van der Waals surface area contributed by atoms with Crippen molar-refractivity contribution in [3.05, 3.63) is 69.8 Å². The average molecular weight is 282 g/mol. The van der Waals surface area contributed by atoms with Gasteiger partial charge < -0.3 is 4.90 Å². The van der Waals surface area contributed by atoms with Crippen molar-refractivity contribution < 1.29 is 4.92 Å². The van der Waals surface area contributed by atoms with Crippen LogP contribution in [0.15, 0.2) is 48.5 Å². The monoisotopic (exact) mass is 282 g/mol. The Morgan fingerprint density at radius 2 is 2.00 bits per heavy atom. The van der Waals surface area contributed by atoms with Crippen LogP contribution in [0.5, 0.6) is 0 Å². The average Bonchev–Trinajstić information content (AvgIpc) is 2.50. The zero-order chi connectivity index (χ0) is 14.8. The first-order valence-corrected chi connectivity index (χ1v) is 7.23. The van der Waals surface area contributed by atoms with Gasteiger partial charge in [0, 0.05) is 30.4 Å². The summed E-state index contributed by atoms with van der Waals surface area (Å²) in [4.78, 5) is 12.9. The number of benzene rings is 2. The second-order valence-electron chi connectivity index (χ2n) is 5.57. The van der Waals surface area contributed by atoms with Crippen LogP contribution in [-0.2, 0) is 13.0 Å². The number of nitro benzene ring substituents is 1. The summed E-state index contributed by atoms with van der Waals surface area (Å²) < 4.78 is 0. The van der Waals surface area contributed by atoms with Gasteiger partial charge in [-0.3, -0.25) is 10.1 Å². The van der Waals surface area contributed by atoms with E-state index >= 15 is 0 Å². The van der Waals surface area contributed by atoms with Crippen molar-refractivity contribution in [2.24, 2.45) is 0 Å². The summed E-state index contributed by atoms with van der Waals surface area (Å²) >= 11 is 0. The zero-order valence-electron chi connectivity index (χ0n) is 12.0. The summed E-state index contributed by atoms with van der Waals surface area (Å²) in [5.74, 6) is 0. The fourth-order valence-corrected chi connectivity index (χ4v) is 2.94. The molecule has 4 nitrogen and oxygen atoms in total. The number of fused-ring (bicyclic) bond motifs is 1. The van der Waals surface area contributed by atoms with Gasteiger partial charge in [-0.2, -0.15) is 0 Å². The van der Waals surface area contributed by atoms with Crippen molar-refractivity contribution in [1.29, 1.82) is 0 Å². The normalized spacial score (nSPS) is 17.4. The van der Waals surface area contributed by atoms with Gasteiger partial charge in [-0.25, -0.2) is 0 Å². The minimum absolute atomic E-state index is 0.183. The molecule has 0 N–H and O–H groups in total. The molecule has 4 heteroatoms. The number of nitrogens with zero attached hydrogens (tertiary/aromatic N) is 2. The van der Waals surface area contributed by atoms with Crippen LogP contribution in [0.2, 0.25) is 0 Å². The van der Waals surface area contributed by atoms with Crippen molar-refractivity contribution in [2.75, 3.05) is 4.90 Å². The van der Waals surface area contributed by atoms with E-state index in [4.69, 9.17) is 0 Å². The van der Waals surface area contributed by atoms with E-state index in [2.05, 4.69) is 24.0 Å². The lowest BCUT2D eigenvalue weighted by Gasteiger charge is -2.37. The lowest BCUT2D eigenvalue weighted by Crippen LogP contribution is -2.36. The fraction of sp³-hybridized carbons (Fsp3) is 0.294. The molecule has 2 aromatic carbocycles. The standard InChI is InChI=1S/C17H18N2O2/c1-13-7-8-15-11-16(19(20)21)9-10-17(15)18(13)12-14-5-3-2-4-6-14/h2-6,9-11,13H,7-8,12H2,1H3/t13-/m1/s1. The van der Waals surface area contributed by atoms with Gasteiger partial charge in [-0.15, -0.1) is 0 Å². The first-order valence-electron chi connectivity index (χ1n) is 7.23. The van der Waals surface area contributed by atoms with Crippen molar-refractivity contribution in [3.8, 4) is 0 Å². The van der Waals surface area contributed by atoms with Gasteiger partial charge in [-0.05, 0) is 37.0 Å². The van der Waals surface area contributed by atoms with Gasteiger partial charge in [0.1, 0.15) is 0 Å². The maximum Gasteiger partial charge on any atom is 0.269 e. The van der Waals surface area contributed by atoms with Gasteiger partial charge in [0.15, 0.2) is 0 Å². The number of nitro groups is 1. The van der Waals surface area contributed by atoms with Gasteiger partial charge in [0.2, 0.25) is 0 Å². The molecule has 2 aromatic rings. The quantitative estimate of drug-likeness (QED) is 0.633. The van der Waals surface area contributed by atoms with E-state index in [-0.39, 0.29) is 10.6 Å². The second kappa shape index (κ2) is 5.56. The third-order valence-corrected chi connectivity index (χ3v) is 4.14. The first kappa shape index (κ1) is 13.6. The molecular weight excluding hydrogens is 264 g/mol. The number of non-ortho nitro benzene ring substituents is 1. The maximum absolute atomic E-state index is 10.9. The van der Waals surface area contributed by atoms with E-state index in [9.17, 15) is 10.1 Å². The molecule has 0 bridgehead atoms. The van der Waals surface area contributed by atoms with Crippen LogP contribution in [0.3, 0.4) is 0 Å². The highest BCUT2D eigenvalue weighted by Crippen LogP contribution is 2.34. The molecule has 0 aliphatic carbocycles. The van der Waals surface area contributed by atoms with Crippen LogP contribution in [0.25, 0.3) is 0 Å². The summed E-state index contributed by atoms with van der Waals surface area (Å²) in [6.07, 6.45) is 1.93. The smallest absolute Gasteiger partial charge is 0.269 e. The zero-order valence-corrected chi connectivity index (χ0v) is 12.0. The van der Waals surface area contributed by atoms with Gasteiger partial charge >= 0.3 is 0 Å². The number of hydrogen-bond donors (Lipinski definition) is 0. The number of rotatable bonds is 3. The van der Waals surface area contributed by atoms with E-state index in [0.717, 1.165) is 30.6 Å². The van der Waals surface area contributed by atoms with Crippen LogP contribution in [-0.4, -0.2) is 11.0 Å². The van der Waals surface area contributed by atoms with Crippen molar-refractivity contribution in [3.63, 3.8) is 0 Å². The molecule has 1 atom stereocenters. The van der Waals surface area contributed by atoms with Crippen LogP contribution in [0.1, 0.15) is 24.5 Å². The summed E-state index contributed by atoms with van der Waals surface area (Å²) in [6, 6.07) is 16.0. The third-order valence-electron chi connectivity index (χ3n) is 4.14. The topological polar surface area (TPSA) is 46.4 Å². The molecule has 1 heterocycles. The summed E-state index contributed by atoms with van der Waals surface area (Å²) in [5, 5.41) is 10.9. The van der Waals surface area contributed by atoms with E-state index in [1.54, 1.807) is 12.1 Å². The van der Waals surface area contributed by atoms with Crippen LogP contribution in [0, 0.1) is 10.1 Å². The molecule has 21 heavy (non-hydrogen) atoms. The second-order valence-corrected chi connectivity index (χ2v) is 5.57. The van der Waals surface area contributed by atoms with E-state index in [1.807, 2.05) is 24.3 Å². The van der Waals surface area contributed by atoms with Crippen molar-refractivity contribution >= 4 is 11.4 Å². The van der Waals surface area contributed by atoms with E-state index < -0.39 is 0 Å². The van der Waals surface area contributed by atoms with E-state index in [0.29, 0.717) is 6.04 Å². The number of aryl methyl sites for hydroxylation is 1. The molecular formula is C17H18N2O2. The highest BCUT2D eigenvalue weighted by Gasteiger charge is 2.24. The molecule has 0 spiro atoms. The van der Waals surface area contributed by atoms with Crippen LogP contribution >= 0.6 is 0 Å². The molecule has 0 radical (unpaired) electrons. The minimum atomic E-state index is -0.320. The lowest BCUT2D eigenvalue weighted by atomic mass is 9.95. The molecule has 0 saturated carbocycles. The highest BCUT2D eigenvalue weighted by atomic mass is 16.6. The molecule has 0 fully saturated rings.